The Kier molecular flexibility index (Phi) is 4.69. The molecule has 1 aromatic carbocycles. The summed E-state index contributed by atoms with van der Waals surface area (Å²) < 4.78 is 26.0. The molecule has 1 N–H and O–H groups in total. The van der Waals surface area contributed by atoms with Crippen molar-refractivity contribution >= 4 is 10.0 Å². The third-order valence-corrected chi connectivity index (χ3v) is 4.86. The summed E-state index contributed by atoms with van der Waals surface area (Å²) in [5.41, 5.74) is 0.00986. The summed E-state index contributed by atoms with van der Waals surface area (Å²) in [5.74, 6) is 0. The Morgan fingerprint density at radius 1 is 1.05 bits per heavy atom. The van der Waals surface area contributed by atoms with E-state index in [0.29, 0.717) is 0 Å². The lowest BCUT2D eigenvalue weighted by Gasteiger charge is -2.25. The van der Waals surface area contributed by atoms with Crippen LogP contribution in [0.5, 0.6) is 0 Å². The standard InChI is InChI=1S/C15H25NO3S/c1-14(2,3)12-7-9-13(10-8-12)20(18,19)16(6)11-15(4,5)17/h7-10,17H,11H2,1-6H3. The highest BCUT2D eigenvalue weighted by Crippen LogP contribution is 2.24. The van der Waals surface area contributed by atoms with Crippen LogP contribution < -0.4 is 0 Å². The van der Waals surface area contributed by atoms with Crippen molar-refractivity contribution in [3.05, 3.63) is 29.8 Å². The average molecular weight is 299 g/mol. The van der Waals surface area contributed by atoms with Gasteiger partial charge in [0.15, 0.2) is 0 Å². The number of hydrogen-bond donors (Lipinski definition) is 1. The van der Waals surface area contributed by atoms with E-state index in [1.165, 1.54) is 11.4 Å². The molecule has 20 heavy (non-hydrogen) atoms. The number of benzene rings is 1. The first kappa shape index (κ1) is 17.1. The van der Waals surface area contributed by atoms with Crippen LogP contribution in [0.2, 0.25) is 0 Å². The highest BCUT2D eigenvalue weighted by molar-refractivity contribution is 7.89. The fraction of sp³-hybridized carbons (Fsp3) is 0.600. The minimum absolute atomic E-state index is 0.0126. The van der Waals surface area contributed by atoms with E-state index in [0.717, 1.165) is 5.56 Å². The molecule has 0 unspecified atom stereocenters. The first-order chi connectivity index (χ1) is 8.84. The molecule has 0 radical (unpaired) electrons. The van der Waals surface area contributed by atoms with E-state index in [-0.39, 0.29) is 16.9 Å². The molecule has 1 rings (SSSR count). The van der Waals surface area contributed by atoms with E-state index in [1.807, 2.05) is 12.1 Å². The minimum Gasteiger partial charge on any atom is -0.389 e. The molecule has 0 aromatic heterocycles. The van der Waals surface area contributed by atoms with Gasteiger partial charge in [-0.25, -0.2) is 8.42 Å². The smallest absolute Gasteiger partial charge is 0.242 e. The maximum Gasteiger partial charge on any atom is 0.242 e. The molecule has 0 heterocycles. The molecule has 0 saturated heterocycles. The fourth-order valence-corrected chi connectivity index (χ4v) is 3.26. The van der Waals surface area contributed by atoms with Crippen molar-refractivity contribution in [3.8, 4) is 0 Å². The summed E-state index contributed by atoms with van der Waals surface area (Å²) in [7, 11) is -2.08. The fourth-order valence-electron chi connectivity index (χ4n) is 1.94. The molecule has 4 nitrogen and oxygen atoms in total. The molecule has 1 aromatic rings. The van der Waals surface area contributed by atoms with Gasteiger partial charge in [0.25, 0.3) is 0 Å². The topological polar surface area (TPSA) is 57.6 Å². The summed E-state index contributed by atoms with van der Waals surface area (Å²) in [5, 5.41) is 9.74. The molecule has 5 heteroatoms. The van der Waals surface area contributed by atoms with Crippen molar-refractivity contribution in [1.29, 1.82) is 0 Å². The van der Waals surface area contributed by atoms with Crippen LogP contribution in [-0.4, -0.2) is 37.0 Å². The number of nitrogens with zero attached hydrogens (tertiary/aromatic N) is 1. The van der Waals surface area contributed by atoms with Gasteiger partial charge in [-0.2, -0.15) is 4.31 Å². The first-order valence-corrected chi connectivity index (χ1v) is 8.07. The van der Waals surface area contributed by atoms with Gasteiger partial charge in [-0.15, -0.1) is 0 Å². The first-order valence-electron chi connectivity index (χ1n) is 6.63. The van der Waals surface area contributed by atoms with Gasteiger partial charge in [-0.05, 0) is 37.0 Å². The lowest BCUT2D eigenvalue weighted by atomic mass is 9.87. The maximum absolute atomic E-state index is 12.4. The van der Waals surface area contributed by atoms with Gasteiger partial charge in [0.2, 0.25) is 10.0 Å². The summed E-state index contributed by atoms with van der Waals surface area (Å²) in [6.07, 6.45) is 0. The zero-order chi connectivity index (χ0) is 15.8. The second-order valence-electron chi connectivity index (χ2n) is 6.85. The summed E-state index contributed by atoms with van der Waals surface area (Å²) >= 11 is 0. The average Bonchev–Trinajstić information content (AvgIpc) is 2.25. The molecule has 114 valence electrons. The molecule has 0 aliphatic carbocycles. The van der Waals surface area contributed by atoms with Crippen molar-refractivity contribution in [2.75, 3.05) is 13.6 Å². The number of sulfonamides is 1. The zero-order valence-corrected chi connectivity index (χ0v) is 14.0. The normalized spacial score (nSPS) is 13.8. The maximum atomic E-state index is 12.4. The molecular weight excluding hydrogens is 274 g/mol. The Morgan fingerprint density at radius 2 is 1.50 bits per heavy atom. The van der Waals surface area contributed by atoms with Crippen molar-refractivity contribution in [3.63, 3.8) is 0 Å². The van der Waals surface area contributed by atoms with Gasteiger partial charge in [0.05, 0.1) is 10.5 Å². The van der Waals surface area contributed by atoms with Crippen LogP contribution in [0.3, 0.4) is 0 Å². The van der Waals surface area contributed by atoms with Gasteiger partial charge in [0, 0.05) is 13.6 Å². The summed E-state index contributed by atoms with van der Waals surface area (Å²) in [6, 6.07) is 6.92. The van der Waals surface area contributed by atoms with E-state index in [4.69, 9.17) is 0 Å². The Morgan fingerprint density at radius 3 is 1.85 bits per heavy atom. The van der Waals surface area contributed by atoms with Crippen LogP contribution >= 0.6 is 0 Å². The van der Waals surface area contributed by atoms with Gasteiger partial charge in [-0.3, -0.25) is 0 Å². The zero-order valence-electron chi connectivity index (χ0n) is 13.1. The van der Waals surface area contributed by atoms with Crippen LogP contribution in [0.15, 0.2) is 29.2 Å². The third kappa shape index (κ3) is 4.30. The highest BCUT2D eigenvalue weighted by Gasteiger charge is 2.26. The Labute approximate surface area is 122 Å². The SMILES string of the molecule is CN(CC(C)(C)O)S(=O)(=O)c1ccc(C(C)(C)C)cc1. The number of likely N-dealkylation sites (N-methyl/N-ethyl adjacent to an activating group) is 1. The molecule has 0 amide bonds. The molecule has 0 aliphatic heterocycles. The van der Waals surface area contributed by atoms with Gasteiger partial charge < -0.3 is 5.11 Å². The molecule has 0 bridgehead atoms. The lowest BCUT2D eigenvalue weighted by molar-refractivity contribution is 0.0640. The van der Waals surface area contributed by atoms with Gasteiger partial charge in [0.1, 0.15) is 0 Å². The van der Waals surface area contributed by atoms with E-state index in [1.54, 1.807) is 26.0 Å². The van der Waals surface area contributed by atoms with Crippen molar-refractivity contribution in [2.45, 2.75) is 50.5 Å². The van der Waals surface area contributed by atoms with Crippen LogP contribution in [0, 0.1) is 0 Å². The van der Waals surface area contributed by atoms with Crippen molar-refractivity contribution in [1.82, 2.24) is 4.31 Å². The van der Waals surface area contributed by atoms with Crippen molar-refractivity contribution < 1.29 is 13.5 Å². The predicted molar refractivity (Wildman–Crippen MR) is 81.3 cm³/mol. The molecule has 0 spiro atoms. The van der Waals surface area contributed by atoms with Gasteiger partial charge >= 0.3 is 0 Å². The number of rotatable bonds is 4. The molecular formula is C15H25NO3S. The Hall–Kier alpha value is -0.910. The molecule has 0 saturated carbocycles. The quantitative estimate of drug-likeness (QED) is 0.928. The monoisotopic (exact) mass is 299 g/mol. The van der Waals surface area contributed by atoms with E-state index < -0.39 is 15.6 Å². The minimum atomic E-state index is -3.56. The molecule has 0 fully saturated rings. The van der Waals surface area contributed by atoms with Crippen molar-refractivity contribution in [2.24, 2.45) is 0 Å². The van der Waals surface area contributed by atoms with Crippen LogP contribution in [0.25, 0.3) is 0 Å². The summed E-state index contributed by atoms with van der Waals surface area (Å²) in [6.45, 7) is 9.46. The second-order valence-corrected chi connectivity index (χ2v) is 8.89. The lowest BCUT2D eigenvalue weighted by Crippen LogP contribution is -2.39. The predicted octanol–water partition coefficient (Wildman–Crippen LogP) is 2.38. The largest absolute Gasteiger partial charge is 0.389 e. The second kappa shape index (κ2) is 5.47. The van der Waals surface area contributed by atoms with Gasteiger partial charge in [-0.1, -0.05) is 32.9 Å². The molecule has 0 aliphatic rings. The van der Waals surface area contributed by atoms with Crippen LogP contribution in [-0.2, 0) is 15.4 Å². The van der Waals surface area contributed by atoms with E-state index in [9.17, 15) is 13.5 Å². The highest BCUT2D eigenvalue weighted by atomic mass is 32.2. The number of aliphatic hydroxyl groups is 1. The van der Waals surface area contributed by atoms with Crippen LogP contribution in [0.4, 0.5) is 0 Å². The van der Waals surface area contributed by atoms with E-state index in [2.05, 4.69) is 20.8 Å². The van der Waals surface area contributed by atoms with E-state index >= 15 is 0 Å². The number of hydrogen-bond acceptors (Lipinski definition) is 3. The molecule has 0 atom stereocenters. The Bertz CT molecular complexity index is 548. The van der Waals surface area contributed by atoms with Crippen LogP contribution in [0.1, 0.15) is 40.2 Å². The third-order valence-electron chi connectivity index (χ3n) is 3.04. The Balaban J connectivity index is 3.05. The summed E-state index contributed by atoms with van der Waals surface area (Å²) in [4.78, 5) is 0.247.